The van der Waals surface area contributed by atoms with Gasteiger partial charge in [-0.05, 0) is 42.2 Å². The summed E-state index contributed by atoms with van der Waals surface area (Å²) in [5, 5.41) is 0. The molecule has 4 heteroatoms. The van der Waals surface area contributed by atoms with Gasteiger partial charge < -0.3 is 4.74 Å². The first-order chi connectivity index (χ1) is 11.2. The van der Waals surface area contributed by atoms with Gasteiger partial charge >= 0.3 is 6.09 Å². The summed E-state index contributed by atoms with van der Waals surface area (Å²) < 4.78 is 6.61. The van der Waals surface area contributed by atoms with Crippen LogP contribution >= 0.6 is 15.9 Å². The van der Waals surface area contributed by atoms with Crippen molar-refractivity contribution in [3.8, 4) is 0 Å². The van der Waals surface area contributed by atoms with Crippen LogP contribution in [-0.2, 0) is 16.8 Å². The summed E-state index contributed by atoms with van der Waals surface area (Å²) in [7, 11) is 0. The fourth-order valence-electron chi connectivity index (χ4n) is 3.63. The maximum atomic E-state index is 12.6. The Morgan fingerprint density at radius 3 is 2.65 bits per heavy atom. The zero-order valence-corrected chi connectivity index (χ0v) is 14.4. The molecule has 4 rings (SSSR count). The lowest BCUT2D eigenvalue weighted by atomic mass is 9.66. The molecule has 1 saturated carbocycles. The SMILES string of the molecule is O=C(OCc1ccccc1)N1CC2(CCC2)c2cc(Br)ccc21. The van der Waals surface area contributed by atoms with E-state index in [1.165, 1.54) is 12.0 Å². The van der Waals surface area contributed by atoms with Crippen LogP contribution in [0.25, 0.3) is 0 Å². The number of rotatable bonds is 2. The number of ether oxygens (including phenoxy) is 1. The summed E-state index contributed by atoms with van der Waals surface area (Å²) in [6.45, 7) is 1.06. The summed E-state index contributed by atoms with van der Waals surface area (Å²) >= 11 is 3.55. The highest BCUT2D eigenvalue weighted by Crippen LogP contribution is 2.53. The highest BCUT2D eigenvalue weighted by Gasteiger charge is 2.48. The molecule has 1 aliphatic heterocycles. The second kappa shape index (κ2) is 5.68. The Morgan fingerprint density at radius 1 is 1.17 bits per heavy atom. The molecule has 1 amide bonds. The van der Waals surface area contributed by atoms with Crippen molar-refractivity contribution in [2.24, 2.45) is 0 Å². The van der Waals surface area contributed by atoms with Crippen LogP contribution in [-0.4, -0.2) is 12.6 Å². The average molecular weight is 372 g/mol. The number of amides is 1. The first-order valence-electron chi connectivity index (χ1n) is 7.96. The summed E-state index contributed by atoms with van der Waals surface area (Å²) in [4.78, 5) is 14.4. The lowest BCUT2D eigenvalue weighted by molar-refractivity contribution is 0.144. The molecule has 1 spiro atoms. The van der Waals surface area contributed by atoms with Gasteiger partial charge in [0, 0.05) is 16.4 Å². The van der Waals surface area contributed by atoms with E-state index in [9.17, 15) is 4.79 Å². The maximum absolute atomic E-state index is 12.6. The fraction of sp³-hybridized carbons (Fsp3) is 0.316. The summed E-state index contributed by atoms with van der Waals surface area (Å²) in [6.07, 6.45) is 3.29. The van der Waals surface area contributed by atoms with Crippen molar-refractivity contribution in [1.82, 2.24) is 0 Å². The van der Waals surface area contributed by atoms with E-state index >= 15 is 0 Å². The van der Waals surface area contributed by atoms with Gasteiger partial charge in [-0.1, -0.05) is 52.7 Å². The largest absolute Gasteiger partial charge is 0.444 e. The number of fused-ring (bicyclic) bond motifs is 2. The Labute approximate surface area is 144 Å². The van der Waals surface area contributed by atoms with Gasteiger partial charge in [-0.2, -0.15) is 0 Å². The molecule has 1 aliphatic carbocycles. The normalized spacial score (nSPS) is 17.7. The molecule has 2 aromatic rings. The van der Waals surface area contributed by atoms with Crippen LogP contribution in [0.1, 0.15) is 30.4 Å². The Morgan fingerprint density at radius 2 is 1.96 bits per heavy atom. The van der Waals surface area contributed by atoms with Crippen molar-refractivity contribution in [2.75, 3.05) is 11.4 Å². The van der Waals surface area contributed by atoms with E-state index < -0.39 is 0 Å². The van der Waals surface area contributed by atoms with Crippen LogP contribution < -0.4 is 4.90 Å². The van der Waals surface area contributed by atoms with E-state index in [1.54, 1.807) is 0 Å². The van der Waals surface area contributed by atoms with Gasteiger partial charge in [0.1, 0.15) is 6.61 Å². The number of hydrogen-bond donors (Lipinski definition) is 0. The summed E-state index contributed by atoms with van der Waals surface area (Å²) in [5.41, 5.74) is 3.44. The van der Waals surface area contributed by atoms with E-state index in [4.69, 9.17) is 4.74 Å². The van der Waals surface area contributed by atoms with Gasteiger partial charge in [0.25, 0.3) is 0 Å². The zero-order valence-electron chi connectivity index (χ0n) is 12.8. The molecule has 1 fully saturated rings. The van der Waals surface area contributed by atoms with E-state index in [1.807, 2.05) is 47.4 Å². The van der Waals surface area contributed by atoms with Crippen LogP contribution in [0.3, 0.4) is 0 Å². The highest BCUT2D eigenvalue weighted by atomic mass is 79.9. The van der Waals surface area contributed by atoms with Crippen molar-refractivity contribution < 1.29 is 9.53 Å². The van der Waals surface area contributed by atoms with Gasteiger partial charge in [-0.15, -0.1) is 0 Å². The number of anilines is 1. The Balaban J connectivity index is 1.55. The van der Waals surface area contributed by atoms with Crippen molar-refractivity contribution in [3.63, 3.8) is 0 Å². The molecule has 0 bridgehead atoms. The standard InChI is InChI=1S/C19H18BrNO2/c20-15-7-8-17-16(11-15)19(9-4-10-19)13-21(17)18(22)23-12-14-5-2-1-3-6-14/h1-3,5-8,11H,4,9-10,12-13H2. The maximum Gasteiger partial charge on any atom is 0.414 e. The molecule has 0 radical (unpaired) electrons. The first kappa shape index (κ1) is 14.8. The van der Waals surface area contributed by atoms with E-state index in [2.05, 4.69) is 22.0 Å². The molecular formula is C19H18BrNO2. The van der Waals surface area contributed by atoms with Crippen molar-refractivity contribution in [3.05, 3.63) is 64.1 Å². The minimum absolute atomic E-state index is 0.144. The molecule has 2 aromatic carbocycles. The second-order valence-corrected chi connectivity index (χ2v) is 7.34. The Kier molecular flexibility index (Phi) is 3.64. The van der Waals surface area contributed by atoms with Crippen molar-refractivity contribution in [2.45, 2.75) is 31.3 Å². The van der Waals surface area contributed by atoms with E-state index in [0.29, 0.717) is 6.61 Å². The third-order valence-corrected chi connectivity index (χ3v) is 5.51. The van der Waals surface area contributed by atoms with Gasteiger partial charge in [0.05, 0.1) is 5.69 Å². The summed E-state index contributed by atoms with van der Waals surface area (Å²) in [5.74, 6) is 0. The molecule has 0 N–H and O–H groups in total. The Hall–Kier alpha value is -1.81. The lowest BCUT2D eigenvalue weighted by Crippen LogP contribution is -2.41. The predicted octanol–water partition coefficient (Wildman–Crippen LogP) is 5.03. The molecule has 0 unspecified atom stereocenters. The minimum Gasteiger partial charge on any atom is -0.444 e. The molecule has 0 atom stereocenters. The molecule has 118 valence electrons. The molecule has 1 heterocycles. The topological polar surface area (TPSA) is 29.5 Å². The number of carbonyl (C=O) groups excluding carboxylic acids is 1. The second-order valence-electron chi connectivity index (χ2n) is 6.42. The average Bonchev–Trinajstić information content (AvgIpc) is 2.88. The number of hydrogen-bond acceptors (Lipinski definition) is 2. The first-order valence-corrected chi connectivity index (χ1v) is 8.76. The number of benzene rings is 2. The quantitative estimate of drug-likeness (QED) is 0.740. The number of carbonyl (C=O) groups is 1. The molecule has 3 nitrogen and oxygen atoms in total. The van der Waals surface area contributed by atoms with Crippen LogP contribution in [0.5, 0.6) is 0 Å². The molecule has 0 saturated heterocycles. The van der Waals surface area contributed by atoms with E-state index in [-0.39, 0.29) is 11.5 Å². The third-order valence-electron chi connectivity index (χ3n) is 5.02. The van der Waals surface area contributed by atoms with Gasteiger partial charge in [0.15, 0.2) is 0 Å². The van der Waals surface area contributed by atoms with Gasteiger partial charge in [0.2, 0.25) is 0 Å². The van der Waals surface area contributed by atoms with Gasteiger partial charge in [-0.3, -0.25) is 4.90 Å². The summed E-state index contributed by atoms with van der Waals surface area (Å²) in [6, 6.07) is 16.0. The number of halogens is 1. The molecule has 2 aliphatic rings. The molecular weight excluding hydrogens is 354 g/mol. The minimum atomic E-state index is -0.249. The lowest BCUT2D eigenvalue weighted by Gasteiger charge is -2.38. The fourth-order valence-corrected chi connectivity index (χ4v) is 3.99. The van der Waals surface area contributed by atoms with Crippen LogP contribution in [0.2, 0.25) is 0 Å². The van der Waals surface area contributed by atoms with E-state index in [0.717, 1.165) is 35.1 Å². The highest BCUT2D eigenvalue weighted by molar-refractivity contribution is 9.10. The third kappa shape index (κ3) is 2.55. The van der Waals surface area contributed by atoms with Crippen molar-refractivity contribution >= 4 is 27.7 Å². The van der Waals surface area contributed by atoms with Gasteiger partial charge in [-0.25, -0.2) is 4.79 Å². The van der Waals surface area contributed by atoms with Crippen LogP contribution in [0.4, 0.5) is 10.5 Å². The molecule has 0 aromatic heterocycles. The monoisotopic (exact) mass is 371 g/mol. The molecule has 23 heavy (non-hydrogen) atoms. The predicted molar refractivity (Wildman–Crippen MR) is 93.6 cm³/mol. The van der Waals surface area contributed by atoms with Crippen LogP contribution in [0, 0.1) is 0 Å². The van der Waals surface area contributed by atoms with Crippen molar-refractivity contribution in [1.29, 1.82) is 0 Å². The number of nitrogens with zero attached hydrogens (tertiary/aromatic N) is 1. The smallest absolute Gasteiger partial charge is 0.414 e. The van der Waals surface area contributed by atoms with Crippen LogP contribution in [0.15, 0.2) is 53.0 Å². The Bertz CT molecular complexity index is 740. The zero-order chi connectivity index (χ0) is 15.9.